The summed E-state index contributed by atoms with van der Waals surface area (Å²) in [5.41, 5.74) is -0.0728. The molecule has 78 valence electrons. The molecule has 0 unspecified atom stereocenters. The zero-order valence-corrected chi connectivity index (χ0v) is 11.0. The number of esters is 1. The summed E-state index contributed by atoms with van der Waals surface area (Å²) in [6.45, 7) is 7.35. The zero-order chi connectivity index (χ0) is 10.9. The number of nitrogens with zero attached hydrogens (tertiary/aromatic N) is 1. The van der Waals surface area contributed by atoms with Crippen LogP contribution in [0.15, 0.2) is 3.92 Å². The van der Waals surface area contributed by atoms with E-state index < -0.39 is 5.60 Å². The van der Waals surface area contributed by atoms with E-state index in [-0.39, 0.29) is 5.97 Å². The Morgan fingerprint density at radius 1 is 1.50 bits per heavy atom. The fourth-order valence-corrected chi connectivity index (χ4v) is 2.40. The maximum atomic E-state index is 11.6. The lowest BCUT2D eigenvalue weighted by Crippen LogP contribution is -2.24. The van der Waals surface area contributed by atoms with E-state index in [1.807, 2.05) is 27.7 Å². The third-order valence-corrected chi connectivity index (χ3v) is 2.78. The molecule has 1 aromatic rings. The summed E-state index contributed by atoms with van der Waals surface area (Å²) in [7, 11) is 0. The average molecular weight is 278 g/mol. The van der Waals surface area contributed by atoms with Gasteiger partial charge in [-0.1, -0.05) is 0 Å². The van der Waals surface area contributed by atoms with Gasteiger partial charge in [0.05, 0.1) is 0 Å². The van der Waals surface area contributed by atoms with Crippen molar-refractivity contribution in [1.82, 2.24) is 4.98 Å². The molecule has 0 saturated carbocycles. The average Bonchev–Trinajstić information content (AvgIpc) is 2.26. The van der Waals surface area contributed by atoms with E-state index in [1.54, 1.807) is 0 Å². The number of aryl methyl sites for hydroxylation is 1. The van der Waals surface area contributed by atoms with Gasteiger partial charge in [0.15, 0.2) is 9.61 Å². The van der Waals surface area contributed by atoms with E-state index in [1.165, 1.54) is 11.3 Å². The third kappa shape index (κ3) is 3.06. The first-order chi connectivity index (χ1) is 6.29. The lowest BCUT2D eigenvalue weighted by molar-refractivity contribution is 0.00628. The first kappa shape index (κ1) is 11.7. The monoisotopic (exact) mass is 277 g/mol. The highest BCUT2D eigenvalue weighted by Crippen LogP contribution is 2.23. The molecule has 0 fully saturated rings. The van der Waals surface area contributed by atoms with Crippen LogP contribution in [0.2, 0.25) is 0 Å². The summed E-state index contributed by atoms with van der Waals surface area (Å²) in [4.78, 5) is 16.5. The van der Waals surface area contributed by atoms with Crippen molar-refractivity contribution in [1.29, 1.82) is 0 Å². The fraction of sp³-hybridized carbons (Fsp3) is 0.556. The molecular weight excluding hydrogens is 266 g/mol. The van der Waals surface area contributed by atoms with E-state index in [0.29, 0.717) is 9.61 Å². The van der Waals surface area contributed by atoms with Gasteiger partial charge in [0.25, 0.3) is 0 Å². The van der Waals surface area contributed by atoms with Gasteiger partial charge in [-0.15, -0.1) is 11.3 Å². The van der Waals surface area contributed by atoms with Crippen molar-refractivity contribution in [3.8, 4) is 0 Å². The topological polar surface area (TPSA) is 39.2 Å². The van der Waals surface area contributed by atoms with Gasteiger partial charge in [0.2, 0.25) is 0 Å². The molecule has 0 aromatic carbocycles. The van der Waals surface area contributed by atoms with E-state index in [4.69, 9.17) is 4.74 Å². The second kappa shape index (κ2) is 3.98. The van der Waals surface area contributed by atoms with Crippen molar-refractivity contribution in [3.63, 3.8) is 0 Å². The summed E-state index contributed by atoms with van der Waals surface area (Å²) in [6, 6.07) is 0. The van der Waals surface area contributed by atoms with Crippen LogP contribution >= 0.6 is 27.3 Å². The van der Waals surface area contributed by atoms with Crippen LogP contribution in [-0.4, -0.2) is 16.6 Å². The van der Waals surface area contributed by atoms with Crippen LogP contribution in [0.1, 0.15) is 36.1 Å². The highest BCUT2D eigenvalue weighted by molar-refractivity contribution is 9.11. The molecule has 3 nitrogen and oxygen atoms in total. The number of carbonyl (C=O) groups excluding carboxylic acids is 1. The molecule has 5 heteroatoms. The quantitative estimate of drug-likeness (QED) is 0.741. The van der Waals surface area contributed by atoms with E-state index in [0.717, 1.165) is 4.88 Å². The van der Waals surface area contributed by atoms with Crippen molar-refractivity contribution in [2.24, 2.45) is 0 Å². The second-order valence-corrected chi connectivity index (χ2v) is 6.35. The first-order valence-electron chi connectivity index (χ1n) is 4.16. The largest absolute Gasteiger partial charge is 0.455 e. The molecular formula is C9H12BrNO2S. The Morgan fingerprint density at radius 2 is 2.07 bits per heavy atom. The number of halogens is 1. The highest BCUT2D eigenvalue weighted by Gasteiger charge is 2.22. The third-order valence-electron chi connectivity index (χ3n) is 1.36. The molecule has 1 rings (SSSR count). The molecule has 0 saturated heterocycles. The first-order valence-corrected chi connectivity index (χ1v) is 5.77. The fourth-order valence-electron chi connectivity index (χ4n) is 0.880. The molecule has 0 aliphatic heterocycles. The van der Waals surface area contributed by atoms with Gasteiger partial charge in [0.1, 0.15) is 5.60 Å². The molecule has 0 radical (unpaired) electrons. The molecule has 0 aliphatic carbocycles. The Labute approximate surface area is 95.6 Å². The predicted molar refractivity (Wildman–Crippen MR) is 59.7 cm³/mol. The molecule has 1 aromatic heterocycles. The summed E-state index contributed by atoms with van der Waals surface area (Å²) in [5, 5.41) is 0. The summed E-state index contributed by atoms with van der Waals surface area (Å²) < 4.78 is 5.91. The number of thiazole rings is 1. The minimum atomic E-state index is -0.473. The maximum absolute atomic E-state index is 11.6. The van der Waals surface area contributed by atoms with Crippen LogP contribution in [0, 0.1) is 6.92 Å². The number of aromatic nitrogens is 1. The predicted octanol–water partition coefficient (Wildman–Crippen LogP) is 3.17. The Morgan fingerprint density at radius 3 is 2.43 bits per heavy atom. The van der Waals surface area contributed by atoms with Crippen molar-refractivity contribution >= 4 is 33.2 Å². The van der Waals surface area contributed by atoms with Gasteiger partial charge in [0, 0.05) is 4.88 Å². The van der Waals surface area contributed by atoms with Crippen LogP contribution in [0.5, 0.6) is 0 Å². The molecule has 0 amide bonds. The summed E-state index contributed by atoms with van der Waals surface area (Å²) >= 11 is 4.66. The zero-order valence-electron chi connectivity index (χ0n) is 8.55. The van der Waals surface area contributed by atoms with Crippen molar-refractivity contribution in [3.05, 3.63) is 14.5 Å². The molecule has 1 heterocycles. The standard InChI is InChI=1S/C9H12BrNO2S/c1-5-6(11-8(10)14-5)7(12)13-9(2,3)4/h1-4H3. The van der Waals surface area contributed by atoms with Gasteiger partial charge in [-0.05, 0) is 43.6 Å². The van der Waals surface area contributed by atoms with Gasteiger partial charge >= 0.3 is 5.97 Å². The van der Waals surface area contributed by atoms with E-state index in [9.17, 15) is 4.79 Å². The van der Waals surface area contributed by atoms with Gasteiger partial charge in [-0.3, -0.25) is 0 Å². The van der Waals surface area contributed by atoms with Crippen molar-refractivity contribution < 1.29 is 9.53 Å². The Balaban J connectivity index is 2.85. The summed E-state index contributed by atoms with van der Waals surface area (Å²) in [6.07, 6.45) is 0. The second-order valence-electron chi connectivity index (χ2n) is 3.87. The molecule has 0 bridgehead atoms. The molecule has 0 spiro atoms. The number of ether oxygens (including phenoxy) is 1. The number of hydrogen-bond acceptors (Lipinski definition) is 4. The van der Waals surface area contributed by atoms with Gasteiger partial charge in [-0.2, -0.15) is 0 Å². The van der Waals surface area contributed by atoms with Gasteiger partial charge < -0.3 is 4.74 Å². The number of carbonyl (C=O) groups is 1. The molecule has 14 heavy (non-hydrogen) atoms. The van der Waals surface area contributed by atoms with Gasteiger partial charge in [-0.25, -0.2) is 9.78 Å². The molecule has 0 N–H and O–H groups in total. The number of hydrogen-bond donors (Lipinski definition) is 0. The lowest BCUT2D eigenvalue weighted by Gasteiger charge is -2.18. The Kier molecular flexibility index (Phi) is 3.32. The SMILES string of the molecule is Cc1sc(Br)nc1C(=O)OC(C)(C)C. The van der Waals surface area contributed by atoms with Crippen molar-refractivity contribution in [2.45, 2.75) is 33.3 Å². The Bertz CT molecular complexity index is 354. The van der Waals surface area contributed by atoms with E-state index >= 15 is 0 Å². The normalized spacial score (nSPS) is 11.5. The highest BCUT2D eigenvalue weighted by atomic mass is 79.9. The van der Waals surface area contributed by atoms with Crippen molar-refractivity contribution in [2.75, 3.05) is 0 Å². The lowest BCUT2D eigenvalue weighted by atomic mass is 10.2. The van der Waals surface area contributed by atoms with E-state index in [2.05, 4.69) is 20.9 Å². The van der Waals surface area contributed by atoms with Crippen LogP contribution < -0.4 is 0 Å². The molecule has 0 atom stereocenters. The van der Waals surface area contributed by atoms with Crippen LogP contribution in [0.25, 0.3) is 0 Å². The smallest absolute Gasteiger partial charge is 0.358 e. The minimum absolute atomic E-state index is 0.364. The summed E-state index contributed by atoms with van der Waals surface area (Å²) in [5.74, 6) is -0.364. The molecule has 0 aliphatic rings. The maximum Gasteiger partial charge on any atom is 0.358 e. The Hall–Kier alpha value is -0.420. The van der Waals surface area contributed by atoms with Crippen LogP contribution in [-0.2, 0) is 4.74 Å². The minimum Gasteiger partial charge on any atom is -0.455 e. The van der Waals surface area contributed by atoms with Crippen LogP contribution in [0.3, 0.4) is 0 Å². The van der Waals surface area contributed by atoms with Crippen LogP contribution in [0.4, 0.5) is 0 Å². The number of rotatable bonds is 1.